The molecule has 1 heterocycles. The van der Waals surface area contributed by atoms with Gasteiger partial charge < -0.3 is 15.4 Å². The van der Waals surface area contributed by atoms with E-state index in [1.54, 1.807) is 7.11 Å². The van der Waals surface area contributed by atoms with Gasteiger partial charge in [-0.3, -0.25) is 0 Å². The van der Waals surface area contributed by atoms with E-state index in [9.17, 15) is 0 Å². The first-order valence-electron chi connectivity index (χ1n) is 6.70. The number of methoxy groups -OCH3 is 1. The largest absolute Gasteiger partial charge is 0.497 e. The molecule has 100 valence electrons. The van der Waals surface area contributed by atoms with Crippen LogP contribution in [0, 0.1) is 5.41 Å². The maximum atomic E-state index is 5.83. The van der Waals surface area contributed by atoms with E-state index in [0.717, 1.165) is 31.8 Å². The van der Waals surface area contributed by atoms with E-state index < -0.39 is 0 Å². The van der Waals surface area contributed by atoms with Crippen LogP contribution in [0.25, 0.3) is 0 Å². The Morgan fingerprint density at radius 1 is 1.33 bits per heavy atom. The number of hydrogen-bond acceptors (Lipinski definition) is 3. The van der Waals surface area contributed by atoms with Gasteiger partial charge in [0.1, 0.15) is 5.75 Å². The molecule has 1 fully saturated rings. The third-order valence-corrected chi connectivity index (χ3v) is 4.01. The number of hydrogen-bond donors (Lipinski definition) is 1. The lowest BCUT2D eigenvalue weighted by atomic mass is 9.90. The molecule has 0 amide bonds. The van der Waals surface area contributed by atoms with Gasteiger partial charge in [0, 0.05) is 13.1 Å². The first-order valence-corrected chi connectivity index (χ1v) is 6.70. The van der Waals surface area contributed by atoms with Gasteiger partial charge in [0.2, 0.25) is 0 Å². The van der Waals surface area contributed by atoms with Gasteiger partial charge in [-0.15, -0.1) is 0 Å². The van der Waals surface area contributed by atoms with Crippen molar-refractivity contribution in [2.45, 2.75) is 19.8 Å². The van der Waals surface area contributed by atoms with Crippen molar-refractivity contribution in [1.82, 2.24) is 4.90 Å². The van der Waals surface area contributed by atoms with E-state index >= 15 is 0 Å². The molecule has 18 heavy (non-hydrogen) atoms. The van der Waals surface area contributed by atoms with Crippen molar-refractivity contribution in [3.63, 3.8) is 0 Å². The Morgan fingerprint density at radius 2 is 2.06 bits per heavy atom. The lowest BCUT2D eigenvalue weighted by Crippen LogP contribution is -2.32. The van der Waals surface area contributed by atoms with E-state index in [2.05, 4.69) is 24.0 Å². The molecular weight excluding hydrogens is 224 g/mol. The van der Waals surface area contributed by atoms with Gasteiger partial charge in [0.25, 0.3) is 0 Å². The molecule has 0 radical (unpaired) electrons. The van der Waals surface area contributed by atoms with E-state index in [0.29, 0.717) is 5.41 Å². The molecule has 2 N–H and O–H groups in total. The first-order chi connectivity index (χ1) is 8.65. The van der Waals surface area contributed by atoms with Gasteiger partial charge in [-0.25, -0.2) is 0 Å². The molecule has 1 aliphatic rings. The molecule has 3 heteroatoms. The van der Waals surface area contributed by atoms with Crippen molar-refractivity contribution < 1.29 is 4.74 Å². The average Bonchev–Trinajstić information content (AvgIpc) is 2.80. The summed E-state index contributed by atoms with van der Waals surface area (Å²) in [5, 5.41) is 0. The molecule has 1 aromatic carbocycles. The van der Waals surface area contributed by atoms with Crippen molar-refractivity contribution in [3.8, 4) is 5.75 Å². The molecule has 0 bridgehead atoms. The second-order valence-corrected chi connectivity index (χ2v) is 5.64. The fraction of sp³-hybridized carbons (Fsp3) is 0.600. The van der Waals surface area contributed by atoms with Crippen LogP contribution >= 0.6 is 0 Å². The van der Waals surface area contributed by atoms with Crippen molar-refractivity contribution in [2.24, 2.45) is 11.1 Å². The zero-order valence-electron chi connectivity index (χ0n) is 11.5. The van der Waals surface area contributed by atoms with Crippen LogP contribution < -0.4 is 10.5 Å². The lowest BCUT2D eigenvalue weighted by molar-refractivity contribution is 0.283. The summed E-state index contributed by atoms with van der Waals surface area (Å²) in [5.41, 5.74) is 7.53. The molecule has 0 saturated carbocycles. The predicted molar refractivity (Wildman–Crippen MR) is 74.9 cm³/mol. The maximum Gasteiger partial charge on any atom is 0.118 e. The molecule has 2 rings (SSSR count). The van der Waals surface area contributed by atoms with Crippen LogP contribution in [0.3, 0.4) is 0 Å². The fourth-order valence-electron chi connectivity index (χ4n) is 2.56. The highest BCUT2D eigenvalue weighted by Crippen LogP contribution is 2.28. The van der Waals surface area contributed by atoms with Crippen LogP contribution in [-0.4, -0.2) is 38.2 Å². The average molecular weight is 248 g/mol. The highest BCUT2D eigenvalue weighted by atomic mass is 16.5. The van der Waals surface area contributed by atoms with Crippen LogP contribution in [-0.2, 0) is 6.42 Å². The smallest absolute Gasteiger partial charge is 0.118 e. The third kappa shape index (κ3) is 3.24. The molecule has 3 nitrogen and oxygen atoms in total. The van der Waals surface area contributed by atoms with Gasteiger partial charge in [-0.05, 0) is 49.0 Å². The summed E-state index contributed by atoms with van der Waals surface area (Å²) in [7, 11) is 1.70. The minimum Gasteiger partial charge on any atom is -0.497 e. The molecule has 1 saturated heterocycles. The van der Waals surface area contributed by atoms with Gasteiger partial charge in [-0.2, -0.15) is 0 Å². The lowest BCUT2D eigenvalue weighted by Gasteiger charge is -2.22. The van der Waals surface area contributed by atoms with Crippen LogP contribution in [0.15, 0.2) is 24.3 Å². The number of nitrogens with zero attached hydrogens (tertiary/aromatic N) is 1. The van der Waals surface area contributed by atoms with E-state index in [1.807, 2.05) is 12.1 Å². The van der Waals surface area contributed by atoms with Crippen molar-refractivity contribution in [2.75, 3.05) is 33.3 Å². The quantitative estimate of drug-likeness (QED) is 0.865. The van der Waals surface area contributed by atoms with Gasteiger partial charge in [0.15, 0.2) is 0 Å². The SMILES string of the molecule is COc1ccc(CCN2CCC(C)(CN)C2)cc1. The number of likely N-dealkylation sites (tertiary alicyclic amines) is 1. The number of benzene rings is 1. The Labute approximate surface area is 110 Å². The Kier molecular flexibility index (Phi) is 4.25. The minimum absolute atomic E-state index is 0.333. The number of rotatable bonds is 5. The van der Waals surface area contributed by atoms with Gasteiger partial charge in [-0.1, -0.05) is 19.1 Å². The summed E-state index contributed by atoms with van der Waals surface area (Å²) in [6.45, 7) is 6.54. The number of nitrogens with two attached hydrogens (primary N) is 1. The van der Waals surface area contributed by atoms with Gasteiger partial charge in [0.05, 0.1) is 7.11 Å². The molecule has 1 aromatic rings. The third-order valence-electron chi connectivity index (χ3n) is 4.01. The highest BCUT2D eigenvalue weighted by Gasteiger charge is 2.31. The van der Waals surface area contributed by atoms with E-state index in [4.69, 9.17) is 10.5 Å². The zero-order chi connectivity index (χ0) is 13.0. The number of ether oxygens (including phenoxy) is 1. The molecule has 1 unspecified atom stereocenters. The van der Waals surface area contributed by atoms with Crippen molar-refractivity contribution in [3.05, 3.63) is 29.8 Å². The summed E-state index contributed by atoms with van der Waals surface area (Å²) in [4.78, 5) is 2.52. The van der Waals surface area contributed by atoms with Gasteiger partial charge >= 0.3 is 0 Å². The zero-order valence-corrected chi connectivity index (χ0v) is 11.5. The van der Waals surface area contributed by atoms with Crippen molar-refractivity contribution >= 4 is 0 Å². The fourth-order valence-corrected chi connectivity index (χ4v) is 2.56. The predicted octanol–water partition coefficient (Wildman–Crippen LogP) is 1.91. The van der Waals surface area contributed by atoms with Crippen LogP contribution in [0.5, 0.6) is 5.75 Å². The van der Waals surface area contributed by atoms with Crippen LogP contribution in [0.2, 0.25) is 0 Å². The topological polar surface area (TPSA) is 38.5 Å². The first kappa shape index (κ1) is 13.4. The second kappa shape index (κ2) is 5.72. The van der Waals surface area contributed by atoms with Crippen molar-refractivity contribution in [1.29, 1.82) is 0 Å². The molecule has 0 aromatic heterocycles. The van der Waals surface area contributed by atoms with E-state index in [1.165, 1.54) is 18.5 Å². The van der Waals surface area contributed by atoms with Crippen LogP contribution in [0.1, 0.15) is 18.9 Å². The molecule has 1 atom stereocenters. The summed E-state index contributed by atoms with van der Waals surface area (Å²) in [6.07, 6.45) is 2.33. The molecule has 1 aliphatic heterocycles. The summed E-state index contributed by atoms with van der Waals surface area (Å²) >= 11 is 0. The highest BCUT2D eigenvalue weighted by molar-refractivity contribution is 5.27. The van der Waals surface area contributed by atoms with Crippen LogP contribution in [0.4, 0.5) is 0 Å². The summed E-state index contributed by atoms with van der Waals surface area (Å²) in [6, 6.07) is 8.36. The summed E-state index contributed by atoms with van der Waals surface area (Å²) < 4.78 is 5.16. The summed E-state index contributed by atoms with van der Waals surface area (Å²) in [5.74, 6) is 0.927. The molecule has 0 spiro atoms. The Bertz CT molecular complexity index is 377. The Hall–Kier alpha value is -1.06. The molecular formula is C15H24N2O. The van der Waals surface area contributed by atoms with E-state index in [-0.39, 0.29) is 0 Å². The normalized spacial score (nSPS) is 24.4. The standard InChI is InChI=1S/C15H24N2O/c1-15(11-16)8-10-17(12-15)9-7-13-3-5-14(18-2)6-4-13/h3-6H,7-12,16H2,1-2H3. The second-order valence-electron chi connectivity index (χ2n) is 5.64. The Balaban J connectivity index is 1.81. The maximum absolute atomic E-state index is 5.83. The monoisotopic (exact) mass is 248 g/mol. The Morgan fingerprint density at radius 3 is 2.61 bits per heavy atom. The molecule has 0 aliphatic carbocycles. The minimum atomic E-state index is 0.333.